The Labute approximate surface area is 111 Å². The van der Waals surface area contributed by atoms with E-state index in [1.165, 1.54) is 29.0 Å². The SMILES string of the molecule is O=C(Nc1cccc(OCC(F)F)n1)c1cscn1. The van der Waals surface area contributed by atoms with Crippen molar-refractivity contribution < 1.29 is 18.3 Å². The molecule has 8 heteroatoms. The largest absolute Gasteiger partial charge is 0.472 e. The van der Waals surface area contributed by atoms with Gasteiger partial charge in [0.15, 0.2) is 6.61 Å². The average Bonchev–Trinajstić information content (AvgIpc) is 2.91. The summed E-state index contributed by atoms with van der Waals surface area (Å²) >= 11 is 1.29. The first-order valence-corrected chi connectivity index (χ1v) is 6.17. The fourth-order valence-electron chi connectivity index (χ4n) is 1.22. The van der Waals surface area contributed by atoms with Crippen molar-refractivity contribution in [3.05, 3.63) is 34.8 Å². The Morgan fingerprint density at radius 1 is 1.47 bits per heavy atom. The minimum atomic E-state index is -2.57. The standard InChI is InChI=1S/C11H9F2N3O2S/c12-8(13)4-18-10-3-1-2-9(15-10)16-11(17)7-5-19-6-14-7/h1-3,5-6,8H,4H2,(H,15,16,17). The third kappa shape index (κ3) is 3.95. The van der Waals surface area contributed by atoms with E-state index in [1.807, 2.05) is 0 Å². The number of halogens is 2. The number of amides is 1. The van der Waals surface area contributed by atoms with Crippen molar-refractivity contribution in [3.8, 4) is 5.88 Å². The highest BCUT2D eigenvalue weighted by molar-refractivity contribution is 7.07. The highest BCUT2D eigenvalue weighted by Crippen LogP contribution is 2.13. The molecule has 0 aliphatic heterocycles. The molecule has 2 heterocycles. The van der Waals surface area contributed by atoms with Gasteiger partial charge in [0.2, 0.25) is 5.88 Å². The van der Waals surface area contributed by atoms with Gasteiger partial charge in [-0.3, -0.25) is 4.79 Å². The lowest BCUT2D eigenvalue weighted by molar-refractivity contribution is 0.0796. The van der Waals surface area contributed by atoms with Crippen molar-refractivity contribution in [1.82, 2.24) is 9.97 Å². The minimum absolute atomic E-state index is 0.0244. The Bertz CT molecular complexity index is 549. The van der Waals surface area contributed by atoms with Crippen molar-refractivity contribution >= 4 is 23.1 Å². The van der Waals surface area contributed by atoms with Crippen molar-refractivity contribution in [2.45, 2.75) is 6.43 Å². The molecule has 0 saturated heterocycles. The van der Waals surface area contributed by atoms with Gasteiger partial charge in [0.1, 0.15) is 11.5 Å². The Morgan fingerprint density at radius 3 is 3.00 bits per heavy atom. The molecule has 0 atom stereocenters. The predicted molar refractivity (Wildman–Crippen MR) is 65.8 cm³/mol. The van der Waals surface area contributed by atoms with Crippen LogP contribution in [0.2, 0.25) is 0 Å². The molecule has 0 bridgehead atoms. The van der Waals surface area contributed by atoms with Crippen LogP contribution >= 0.6 is 11.3 Å². The third-order valence-corrected chi connectivity index (χ3v) is 2.57. The van der Waals surface area contributed by atoms with Crippen LogP contribution in [-0.4, -0.2) is 28.9 Å². The molecule has 0 aliphatic rings. The quantitative estimate of drug-likeness (QED) is 0.916. The Morgan fingerprint density at radius 2 is 2.32 bits per heavy atom. The maximum absolute atomic E-state index is 12.0. The smallest absolute Gasteiger partial charge is 0.276 e. The molecule has 5 nitrogen and oxygen atoms in total. The summed E-state index contributed by atoms with van der Waals surface area (Å²) in [6.45, 7) is -0.740. The lowest BCUT2D eigenvalue weighted by atomic mass is 10.4. The van der Waals surface area contributed by atoms with Gasteiger partial charge < -0.3 is 10.1 Å². The molecule has 19 heavy (non-hydrogen) atoms. The van der Waals surface area contributed by atoms with E-state index in [9.17, 15) is 13.6 Å². The predicted octanol–water partition coefficient (Wildman–Crippen LogP) is 2.43. The summed E-state index contributed by atoms with van der Waals surface area (Å²) in [7, 11) is 0. The first kappa shape index (κ1) is 13.3. The van der Waals surface area contributed by atoms with E-state index in [-0.39, 0.29) is 17.4 Å². The minimum Gasteiger partial charge on any atom is -0.472 e. The molecular weight excluding hydrogens is 276 g/mol. The van der Waals surface area contributed by atoms with Gasteiger partial charge in [-0.25, -0.2) is 13.8 Å². The zero-order valence-corrected chi connectivity index (χ0v) is 10.4. The fraction of sp³-hybridized carbons (Fsp3) is 0.182. The van der Waals surface area contributed by atoms with Crippen LogP contribution in [0.4, 0.5) is 14.6 Å². The number of thiazole rings is 1. The summed E-state index contributed by atoms with van der Waals surface area (Å²) in [5.41, 5.74) is 1.80. The number of carbonyl (C=O) groups is 1. The van der Waals surface area contributed by atoms with E-state index in [0.29, 0.717) is 0 Å². The van der Waals surface area contributed by atoms with Gasteiger partial charge in [-0.05, 0) is 6.07 Å². The first-order chi connectivity index (χ1) is 9.15. The van der Waals surface area contributed by atoms with Crippen LogP contribution in [0.15, 0.2) is 29.1 Å². The van der Waals surface area contributed by atoms with E-state index in [1.54, 1.807) is 11.4 Å². The van der Waals surface area contributed by atoms with Crippen LogP contribution in [0.3, 0.4) is 0 Å². The fourth-order valence-corrected chi connectivity index (χ4v) is 1.75. The molecule has 0 unspecified atom stereocenters. The zero-order valence-electron chi connectivity index (χ0n) is 9.55. The zero-order chi connectivity index (χ0) is 13.7. The van der Waals surface area contributed by atoms with E-state index in [2.05, 4.69) is 15.3 Å². The summed E-state index contributed by atoms with van der Waals surface area (Å²) in [5.74, 6) is -0.180. The number of ether oxygens (including phenoxy) is 1. The molecule has 0 saturated carbocycles. The van der Waals surface area contributed by atoms with Gasteiger partial charge in [-0.2, -0.15) is 4.98 Å². The second-order valence-electron chi connectivity index (χ2n) is 3.39. The number of hydrogen-bond donors (Lipinski definition) is 1. The van der Waals surface area contributed by atoms with Gasteiger partial charge in [-0.15, -0.1) is 11.3 Å². The lowest BCUT2D eigenvalue weighted by Crippen LogP contribution is -2.14. The Hall–Kier alpha value is -2.09. The Kier molecular flexibility index (Phi) is 4.35. The number of rotatable bonds is 5. The molecule has 0 spiro atoms. The van der Waals surface area contributed by atoms with E-state index in [4.69, 9.17) is 4.74 Å². The monoisotopic (exact) mass is 285 g/mol. The average molecular weight is 285 g/mol. The van der Waals surface area contributed by atoms with Crippen molar-refractivity contribution in [1.29, 1.82) is 0 Å². The molecule has 100 valence electrons. The number of alkyl halides is 2. The molecule has 0 aromatic carbocycles. The van der Waals surface area contributed by atoms with Crippen molar-refractivity contribution in [2.24, 2.45) is 0 Å². The maximum atomic E-state index is 12.0. The Balaban J connectivity index is 2.01. The van der Waals surface area contributed by atoms with Crippen LogP contribution in [0, 0.1) is 0 Å². The van der Waals surface area contributed by atoms with Gasteiger partial charge in [0.05, 0.1) is 5.51 Å². The van der Waals surface area contributed by atoms with Crippen LogP contribution < -0.4 is 10.1 Å². The highest BCUT2D eigenvalue weighted by atomic mass is 32.1. The van der Waals surface area contributed by atoms with Crippen LogP contribution in [0.5, 0.6) is 5.88 Å². The lowest BCUT2D eigenvalue weighted by Gasteiger charge is -2.06. The number of carbonyl (C=O) groups excluding carboxylic acids is 1. The van der Waals surface area contributed by atoms with Crippen molar-refractivity contribution in [2.75, 3.05) is 11.9 Å². The number of pyridine rings is 1. The van der Waals surface area contributed by atoms with Crippen molar-refractivity contribution in [3.63, 3.8) is 0 Å². The molecular formula is C11H9F2N3O2S. The number of aromatic nitrogens is 2. The molecule has 0 radical (unpaired) electrons. The maximum Gasteiger partial charge on any atom is 0.276 e. The van der Waals surface area contributed by atoms with Gasteiger partial charge in [0, 0.05) is 11.4 Å². The number of hydrogen-bond acceptors (Lipinski definition) is 5. The molecule has 0 aliphatic carbocycles. The molecule has 1 amide bonds. The normalized spacial score (nSPS) is 10.5. The third-order valence-electron chi connectivity index (χ3n) is 1.99. The second kappa shape index (κ2) is 6.19. The molecule has 2 aromatic rings. The molecule has 2 aromatic heterocycles. The van der Waals surface area contributed by atoms with Crippen LogP contribution in [-0.2, 0) is 0 Å². The van der Waals surface area contributed by atoms with Gasteiger partial charge in [0.25, 0.3) is 12.3 Å². The molecule has 0 fully saturated rings. The van der Waals surface area contributed by atoms with E-state index >= 15 is 0 Å². The summed E-state index contributed by atoms with van der Waals surface area (Å²) in [4.78, 5) is 19.4. The van der Waals surface area contributed by atoms with Gasteiger partial charge >= 0.3 is 0 Å². The number of nitrogens with one attached hydrogen (secondary N) is 1. The van der Waals surface area contributed by atoms with Crippen LogP contribution in [0.1, 0.15) is 10.5 Å². The van der Waals surface area contributed by atoms with E-state index in [0.717, 1.165) is 0 Å². The van der Waals surface area contributed by atoms with Crippen LogP contribution in [0.25, 0.3) is 0 Å². The number of nitrogens with zero attached hydrogens (tertiary/aromatic N) is 2. The second-order valence-corrected chi connectivity index (χ2v) is 4.11. The summed E-state index contributed by atoms with van der Waals surface area (Å²) in [5, 5.41) is 4.09. The summed E-state index contributed by atoms with van der Waals surface area (Å²) in [6, 6.07) is 4.50. The van der Waals surface area contributed by atoms with Gasteiger partial charge in [-0.1, -0.05) is 6.07 Å². The van der Waals surface area contributed by atoms with E-state index < -0.39 is 18.9 Å². The highest BCUT2D eigenvalue weighted by Gasteiger charge is 2.10. The summed E-state index contributed by atoms with van der Waals surface area (Å²) < 4.78 is 28.7. The molecule has 2 rings (SSSR count). The number of anilines is 1. The summed E-state index contributed by atoms with van der Waals surface area (Å²) in [6.07, 6.45) is -2.57. The topological polar surface area (TPSA) is 64.1 Å². The molecule has 1 N–H and O–H groups in total. The first-order valence-electron chi connectivity index (χ1n) is 5.22.